The molecule has 176 valence electrons. The maximum Gasteiger partial charge on any atom is 0.323 e. The van der Waals surface area contributed by atoms with Gasteiger partial charge in [0.05, 0.1) is 17.2 Å². The summed E-state index contributed by atoms with van der Waals surface area (Å²) in [6, 6.07) is 15.8. The molecule has 9 nitrogen and oxygen atoms in total. The van der Waals surface area contributed by atoms with Gasteiger partial charge < -0.3 is 16.0 Å². The van der Waals surface area contributed by atoms with Crippen molar-refractivity contribution in [3.8, 4) is 0 Å². The number of urea groups is 1. The van der Waals surface area contributed by atoms with Crippen LogP contribution in [0.25, 0.3) is 10.9 Å². The van der Waals surface area contributed by atoms with Gasteiger partial charge in [0.15, 0.2) is 5.78 Å². The van der Waals surface area contributed by atoms with E-state index in [1.165, 1.54) is 43.6 Å². The van der Waals surface area contributed by atoms with Gasteiger partial charge in [0.1, 0.15) is 12.4 Å². The standard InChI is InChI=1S/C25H20FN5O4/c1-15(32)16-3-2-4-19(11-16)29-25(35)30-20-9-10-22-21(12-20)24(34)31(14-27-22)13-23(33)28-18-7-5-17(26)6-8-18/h2-12,14H,13H2,1H3,(H,28,33)(H2,29,30,35). The van der Waals surface area contributed by atoms with Gasteiger partial charge >= 0.3 is 6.03 Å². The minimum Gasteiger partial charge on any atom is -0.325 e. The lowest BCUT2D eigenvalue weighted by Gasteiger charge is -2.10. The SMILES string of the molecule is CC(=O)c1cccc(NC(=O)Nc2ccc3ncn(CC(=O)Nc4ccc(F)cc4)c(=O)c3c2)c1. The predicted molar refractivity (Wildman–Crippen MR) is 130 cm³/mol. The van der Waals surface area contributed by atoms with Crippen LogP contribution in [-0.2, 0) is 11.3 Å². The van der Waals surface area contributed by atoms with E-state index in [1.54, 1.807) is 36.4 Å². The fourth-order valence-electron chi connectivity index (χ4n) is 3.35. The van der Waals surface area contributed by atoms with Gasteiger partial charge in [-0.3, -0.25) is 19.0 Å². The molecule has 0 spiro atoms. The first kappa shape index (κ1) is 23.3. The normalized spacial score (nSPS) is 10.6. The predicted octanol–water partition coefficient (Wildman–Crippen LogP) is 4.02. The number of carbonyl (C=O) groups is 3. The fourth-order valence-corrected chi connectivity index (χ4v) is 3.35. The monoisotopic (exact) mass is 473 g/mol. The molecule has 3 N–H and O–H groups in total. The Labute approximate surface area is 198 Å². The van der Waals surface area contributed by atoms with Crippen LogP contribution in [0.4, 0.5) is 26.2 Å². The number of carbonyl (C=O) groups excluding carboxylic acids is 3. The van der Waals surface area contributed by atoms with Crippen molar-refractivity contribution in [1.29, 1.82) is 0 Å². The Morgan fingerprint density at radius 3 is 2.29 bits per heavy atom. The Kier molecular flexibility index (Phi) is 6.63. The number of hydrogen-bond donors (Lipinski definition) is 3. The van der Waals surface area contributed by atoms with E-state index in [9.17, 15) is 23.6 Å². The lowest BCUT2D eigenvalue weighted by Crippen LogP contribution is -2.28. The van der Waals surface area contributed by atoms with E-state index in [-0.39, 0.29) is 17.7 Å². The number of rotatable bonds is 6. The van der Waals surface area contributed by atoms with Gasteiger partial charge in [0, 0.05) is 22.6 Å². The van der Waals surface area contributed by atoms with Gasteiger partial charge in [0.2, 0.25) is 5.91 Å². The minimum absolute atomic E-state index is 0.126. The van der Waals surface area contributed by atoms with Crippen molar-refractivity contribution in [1.82, 2.24) is 9.55 Å². The molecule has 1 aromatic heterocycles. The van der Waals surface area contributed by atoms with Crippen LogP contribution in [-0.4, -0.2) is 27.3 Å². The Bertz CT molecular complexity index is 1500. The molecule has 0 radical (unpaired) electrons. The first-order valence-corrected chi connectivity index (χ1v) is 10.5. The highest BCUT2D eigenvalue weighted by atomic mass is 19.1. The van der Waals surface area contributed by atoms with Gasteiger partial charge in [-0.15, -0.1) is 0 Å². The Balaban J connectivity index is 1.48. The summed E-state index contributed by atoms with van der Waals surface area (Å²) in [5.74, 6) is -1.04. The number of nitrogens with one attached hydrogen (secondary N) is 3. The second-order valence-corrected chi connectivity index (χ2v) is 7.68. The number of fused-ring (bicyclic) bond motifs is 1. The average molecular weight is 473 g/mol. The van der Waals surface area contributed by atoms with Gasteiger partial charge in [-0.25, -0.2) is 14.2 Å². The van der Waals surface area contributed by atoms with E-state index in [0.717, 1.165) is 4.57 Å². The van der Waals surface area contributed by atoms with Gasteiger partial charge in [0.25, 0.3) is 5.56 Å². The van der Waals surface area contributed by atoms with E-state index in [0.29, 0.717) is 28.1 Å². The first-order valence-electron chi connectivity index (χ1n) is 10.5. The number of ketones is 1. The molecule has 0 aliphatic carbocycles. The number of aromatic nitrogens is 2. The largest absolute Gasteiger partial charge is 0.325 e. The zero-order valence-corrected chi connectivity index (χ0v) is 18.5. The van der Waals surface area contributed by atoms with Crippen molar-refractivity contribution in [3.05, 3.63) is 94.8 Å². The van der Waals surface area contributed by atoms with Crippen molar-refractivity contribution >= 4 is 45.7 Å². The molecule has 4 aromatic rings. The van der Waals surface area contributed by atoms with Crippen LogP contribution in [0.2, 0.25) is 0 Å². The van der Waals surface area contributed by atoms with Crippen LogP contribution in [0.1, 0.15) is 17.3 Å². The first-order chi connectivity index (χ1) is 16.8. The number of amides is 3. The Morgan fingerprint density at radius 2 is 1.57 bits per heavy atom. The van der Waals surface area contributed by atoms with E-state index < -0.39 is 23.3 Å². The van der Waals surface area contributed by atoms with Crippen LogP contribution >= 0.6 is 0 Å². The van der Waals surface area contributed by atoms with Crippen LogP contribution in [0, 0.1) is 5.82 Å². The van der Waals surface area contributed by atoms with Crippen molar-refractivity contribution in [2.24, 2.45) is 0 Å². The fraction of sp³-hybridized carbons (Fsp3) is 0.0800. The summed E-state index contributed by atoms with van der Waals surface area (Å²) < 4.78 is 14.2. The quantitative estimate of drug-likeness (QED) is 0.365. The Morgan fingerprint density at radius 1 is 0.886 bits per heavy atom. The zero-order chi connectivity index (χ0) is 24.9. The molecule has 0 fully saturated rings. The second-order valence-electron chi connectivity index (χ2n) is 7.68. The number of anilines is 3. The van der Waals surface area contributed by atoms with Crippen molar-refractivity contribution in [2.45, 2.75) is 13.5 Å². The third-order valence-electron chi connectivity index (χ3n) is 5.05. The maximum atomic E-state index is 13.0. The molecule has 0 aliphatic rings. The summed E-state index contributed by atoms with van der Waals surface area (Å²) in [6.07, 6.45) is 1.26. The molecule has 1 heterocycles. The summed E-state index contributed by atoms with van der Waals surface area (Å²) in [5, 5.41) is 8.06. The van der Waals surface area contributed by atoms with E-state index in [1.807, 2.05) is 0 Å². The van der Waals surface area contributed by atoms with E-state index in [2.05, 4.69) is 20.9 Å². The lowest BCUT2D eigenvalue weighted by atomic mass is 10.1. The highest BCUT2D eigenvalue weighted by Crippen LogP contribution is 2.16. The molecule has 0 atom stereocenters. The van der Waals surface area contributed by atoms with E-state index in [4.69, 9.17) is 0 Å². The average Bonchev–Trinajstić information content (AvgIpc) is 2.83. The van der Waals surface area contributed by atoms with E-state index >= 15 is 0 Å². The zero-order valence-electron chi connectivity index (χ0n) is 18.5. The molecule has 0 saturated heterocycles. The topological polar surface area (TPSA) is 122 Å². The van der Waals surface area contributed by atoms with Gasteiger partial charge in [-0.1, -0.05) is 12.1 Å². The molecule has 0 saturated carbocycles. The van der Waals surface area contributed by atoms with Crippen molar-refractivity contribution < 1.29 is 18.8 Å². The highest BCUT2D eigenvalue weighted by molar-refractivity contribution is 6.02. The minimum atomic E-state index is -0.562. The summed E-state index contributed by atoms with van der Waals surface area (Å²) in [7, 11) is 0. The summed E-state index contributed by atoms with van der Waals surface area (Å²) in [5.41, 5.74) is 1.55. The Hall–Kier alpha value is -4.86. The smallest absolute Gasteiger partial charge is 0.323 e. The molecular formula is C25H20FN5O4. The third-order valence-corrected chi connectivity index (χ3v) is 5.05. The second kappa shape index (κ2) is 9.96. The van der Waals surface area contributed by atoms with Crippen LogP contribution in [0.3, 0.4) is 0 Å². The number of benzene rings is 3. The lowest BCUT2D eigenvalue weighted by molar-refractivity contribution is -0.116. The molecule has 0 unspecified atom stereocenters. The maximum absolute atomic E-state index is 13.0. The highest BCUT2D eigenvalue weighted by Gasteiger charge is 2.11. The molecule has 35 heavy (non-hydrogen) atoms. The third kappa shape index (κ3) is 5.74. The summed E-state index contributed by atoms with van der Waals surface area (Å²) in [4.78, 5) is 53.4. The molecule has 3 amide bonds. The summed E-state index contributed by atoms with van der Waals surface area (Å²) >= 11 is 0. The van der Waals surface area contributed by atoms with Crippen molar-refractivity contribution in [3.63, 3.8) is 0 Å². The summed E-state index contributed by atoms with van der Waals surface area (Å²) in [6.45, 7) is 1.13. The van der Waals surface area contributed by atoms with Crippen LogP contribution in [0.15, 0.2) is 77.9 Å². The molecule has 10 heteroatoms. The molecule has 0 aliphatic heterocycles. The van der Waals surface area contributed by atoms with Crippen LogP contribution < -0.4 is 21.5 Å². The van der Waals surface area contributed by atoms with Gasteiger partial charge in [-0.2, -0.15) is 0 Å². The molecular weight excluding hydrogens is 453 g/mol. The number of nitrogens with zero attached hydrogens (tertiary/aromatic N) is 2. The number of hydrogen-bond acceptors (Lipinski definition) is 5. The van der Waals surface area contributed by atoms with Gasteiger partial charge in [-0.05, 0) is 61.5 Å². The van der Waals surface area contributed by atoms with Crippen LogP contribution in [0.5, 0.6) is 0 Å². The molecule has 3 aromatic carbocycles. The number of halogens is 1. The molecule has 4 rings (SSSR count). The van der Waals surface area contributed by atoms with Crippen molar-refractivity contribution in [2.75, 3.05) is 16.0 Å². The molecule has 0 bridgehead atoms. The number of Topliss-reactive ketones (excluding diaryl/α,β-unsaturated/α-hetero) is 1.